The lowest BCUT2D eigenvalue weighted by molar-refractivity contribution is 0.693. The molecule has 0 aliphatic carbocycles. The van der Waals surface area contributed by atoms with Gasteiger partial charge in [0.2, 0.25) is 0 Å². The number of hydrogen-bond donors (Lipinski definition) is 1. The third-order valence-electron chi connectivity index (χ3n) is 3.07. The minimum absolute atomic E-state index is 0.749. The molecule has 2 aromatic carbocycles. The second kappa shape index (κ2) is 7.09. The highest BCUT2D eigenvalue weighted by atomic mass is 79.9. The van der Waals surface area contributed by atoms with Gasteiger partial charge in [-0.2, -0.15) is 0 Å². The van der Waals surface area contributed by atoms with E-state index in [1.54, 1.807) is 0 Å². The number of hydrogen-bond acceptors (Lipinski definition) is 1. The first-order valence-electron chi connectivity index (χ1n) is 6.41. The van der Waals surface area contributed by atoms with Crippen molar-refractivity contribution in [1.82, 2.24) is 5.32 Å². The summed E-state index contributed by atoms with van der Waals surface area (Å²) >= 11 is 9.41. The van der Waals surface area contributed by atoms with Crippen LogP contribution in [0.1, 0.15) is 23.6 Å². The van der Waals surface area contributed by atoms with Crippen LogP contribution in [0.4, 0.5) is 0 Å². The van der Waals surface area contributed by atoms with Gasteiger partial charge in [-0.1, -0.05) is 48.9 Å². The van der Waals surface area contributed by atoms with Gasteiger partial charge in [0.1, 0.15) is 0 Å². The molecule has 0 aromatic heterocycles. The van der Waals surface area contributed by atoms with E-state index in [2.05, 4.69) is 58.5 Å². The van der Waals surface area contributed by atoms with E-state index < -0.39 is 0 Å². The monoisotopic (exact) mass is 337 g/mol. The van der Waals surface area contributed by atoms with Gasteiger partial charge in [0.15, 0.2) is 0 Å². The van der Waals surface area contributed by atoms with Gasteiger partial charge < -0.3 is 5.32 Å². The molecule has 0 unspecified atom stereocenters. The summed E-state index contributed by atoms with van der Waals surface area (Å²) in [5, 5.41) is 4.19. The number of halogens is 2. The summed E-state index contributed by atoms with van der Waals surface area (Å²) in [5.41, 5.74) is 3.91. The normalized spacial score (nSPS) is 10.7. The zero-order chi connectivity index (χ0) is 13.7. The zero-order valence-corrected chi connectivity index (χ0v) is 13.3. The largest absolute Gasteiger partial charge is 0.309 e. The van der Waals surface area contributed by atoms with E-state index in [0.717, 1.165) is 29.0 Å². The van der Waals surface area contributed by atoms with Crippen LogP contribution in [0.2, 0.25) is 5.02 Å². The van der Waals surface area contributed by atoms with E-state index in [1.807, 2.05) is 12.1 Å². The van der Waals surface area contributed by atoms with E-state index in [1.165, 1.54) is 16.7 Å². The Morgan fingerprint density at radius 3 is 2.16 bits per heavy atom. The molecule has 0 saturated heterocycles. The second-order valence-corrected chi connectivity index (χ2v) is 5.78. The minimum atomic E-state index is 0.749. The summed E-state index contributed by atoms with van der Waals surface area (Å²) in [5.74, 6) is 0. The Hall–Kier alpha value is -0.830. The summed E-state index contributed by atoms with van der Waals surface area (Å²) in [7, 11) is 0. The summed E-state index contributed by atoms with van der Waals surface area (Å²) in [6, 6.07) is 14.8. The van der Waals surface area contributed by atoms with Crippen LogP contribution in [0, 0.1) is 0 Å². The van der Waals surface area contributed by atoms with Crippen molar-refractivity contribution in [3.63, 3.8) is 0 Å². The van der Waals surface area contributed by atoms with E-state index in [0.29, 0.717) is 0 Å². The molecule has 0 saturated carbocycles. The predicted octanol–water partition coefficient (Wildman–Crippen LogP) is 4.95. The fourth-order valence-electron chi connectivity index (χ4n) is 1.89. The van der Waals surface area contributed by atoms with Gasteiger partial charge in [0.25, 0.3) is 0 Å². The van der Waals surface area contributed by atoms with E-state index in [-0.39, 0.29) is 0 Å². The topological polar surface area (TPSA) is 12.0 Å². The predicted molar refractivity (Wildman–Crippen MR) is 85.5 cm³/mol. The second-order valence-electron chi connectivity index (χ2n) is 4.52. The smallest absolute Gasteiger partial charge is 0.0548 e. The Kier molecular flexibility index (Phi) is 5.44. The van der Waals surface area contributed by atoms with Gasteiger partial charge in [0, 0.05) is 17.6 Å². The quantitative estimate of drug-likeness (QED) is 0.813. The first-order valence-corrected chi connectivity index (χ1v) is 7.58. The van der Waals surface area contributed by atoms with E-state index in [9.17, 15) is 0 Å². The summed E-state index contributed by atoms with van der Waals surface area (Å²) in [6.07, 6.45) is 1.09. The molecule has 1 N–H and O–H groups in total. The maximum absolute atomic E-state index is 5.97. The Bertz CT molecular complexity index is 537. The van der Waals surface area contributed by atoms with E-state index in [4.69, 9.17) is 11.6 Å². The number of nitrogens with one attached hydrogen (secondary N) is 1. The van der Waals surface area contributed by atoms with Gasteiger partial charge >= 0.3 is 0 Å². The molecular weight excluding hydrogens is 322 g/mol. The molecule has 0 fully saturated rings. The van der Waals surface area contributed by atoms with Crippen molar-refractivity contribution in [2.24, 2.45) is 0 Å². The van der Waals surface area contributed by atoms with Crippen LogP contribution >= 0.6 is 27.5 Å². The van der Waals surface area contributed by atoms with Crippen molar-refractivity contribution < 1.29 is 0 Å². The first-order chi connectivity index (χ1) is 9.19. The standard InChI is InChI=1S/C16H17BrClN/c1-2-12-3-5-13(6-4-12)10-19-11-14-7-8-16(18)15(17)9-14/h3-9,19H,2,10-11H2,1H3. The van der Waals surface area contributed by atoms with Crippen molar-refractivity contribution in [2.45, 2.75) is 26.4 Å². The number of aryl methyl sites for hydroxylation is 1. The molecule has 2 rings (SSSR count). The van der Waals surface area contributed by atoms with Crippen molar-refractivity contribution in [3.05, 3.63) is 68.7 Å². The van der Waals surface area contributed by atoms with Crippen LogP contribution in [0.3, 0.4) is 0 Å². The molecule has 0 aliphatic heterocycles. The lowest BCUT2D eigenvalue weighted by atomic mass is 10.1. The molecule has 0 amide bonds. The van der Waals surface area contributed by atoms with Crippen molar-refractivity contribution in [2.75, 3.05) is 0 Å². The molecule has 1 nitrogen and oxygen atoms in total. The van der Waals surface area contributed by atoms with Crippen LogP contribution in [0.15, 0.2) is 46.9 Å². The highest BCUT2D eigenvalue weighted by Gasteiger charge is 1.99. The molecule has 19 heavy (non-hydrogen) atoms. The number of rotatable bonds is 5. The fourth-order valence-corrected chi connectivity index (χ4v) is 2.44. The first kappa shape index (κ1) is 14.6. The summed E-state index contributed by atoms with van der Waals surface area (Å²) < 4.78 is 0.945. The molecule has 0 atom stereocenters. The summed E-state index contributed by atoms with van der Waals surface area (Å²) in [4.78, 5) is 0. The lowest BCUT2D eigenvalue weighted by Gasteiger charge is -2.07. The van der Waals surface area contributed by atoms with Crippen LogP contribution in [0.25, 0.3) is 0 Å². The highest BCUT2D eigenvalue weighted by Crippen LogP contribution is 2.23. The Labute approximate surface area is 128 Å². The van der Waals surface area contributed by atoms with E-state index >= 15 is 0 Å². The average molecular weight is 339 g/mol. The molecule has 0 radical (unpaired) electrons. The maximum atomic E-state index is 5.97. The third-order valence-corrected chi connectivity index (χ3v) is 4.29. The van der Waals surface area contributed by atoms with Crippen LogP contribution in [-0.4, -0.2) is 0 Å². The van der Waals surface area contributed by atoms with Crippen LogP contribution in [0.5, 0.6) is 0 Å². The Morgan fingerprint density at radius 1 is 0.947 bits per heavy atom. The van der Waals surface area contributed by atoms with Crippen molar-refractivity contribution in [3.8, 4) is 0 Å². The molecule has 0 heterocycles. The third kappa shape index (κ3) is 4.34. The highest BCUT2D eigenvalue weighted by molar-refractivity contribution is 9.10. The molecule has 0 bridgehead atoms. The van der Waals surface area contributed by atoms with Crippen molar-refractivity contribution in [1.29, 1.82) is 0 Å². The van der Waals surface area contributed by atoms with Gasteiger partial charge in [-0.15, -0.1) is 0 Å². The molecule has 100 valence electrons. The lowest BCUT2D eigenvalue weighted by Crippen LogP contribution is -2.12. The fraction of sp³-hybridized carbons (Fsp3) is 0.250. The van der Waals surface area contributed by atoms with Gasteiger partial charge in [0.05, 0.1) is 5.02 Å². The summed E-state index contributed by atoms with van der Waals surface area (Å²) in [6.45, 7) is 3.89. The maximum Gasteiger partial charge on any atom is 0.0548 e. The molecular formula is C16H17BrClN. The van der Waals surface area contributed by atoms with Gasteiger partial charge in [-0.3, -0.25) is 0 Å². The minimum Gasteiger partial charge on any atom is -0.309 e. The van der Waals surface area contributed by atoms with Crippen molar-refractivity contribution >= 4 is 27.5 Å². The SMILES string of the molecule is CCc1ccc(CNCc2ccc(Cl)c(Br)c2)cc1. The average Bonchev–Trinajstić information content (AvgIpc) is 2.43. The Balaban J connectivity index is 1.86. The molecule has 0 aliphatic rings. The number of benzene rings is 2. The van der Waals surface area contributed by atoms with Gasteiger partial charge in [-0.05, 0) is 51.2 Å². The molecule has 3 heteroatoms. The van der Waals surface area contributed by atoms with Crippen LogP contribution < -0.4 is 5.32 Å². The molecule has 2 aromatic rings. The molecule has 0 spiro atoms. The Morgan fingerprint density at radius 2 is 1.53 bits per heavy atom. The van der Waals surface area contributed by atoms with Gasteiger partial charge in [-0.25, -0.2) is 0 Å². The zero-order valence-electron chi connectivity index (χ0n) is 10.9. The van der Waals surface area contributed by atoms with Crippen LogP contribution in [-0.2, 0) is 19.5 Å².